The SMILES string of the molecule is CC(C)(C)C(=O)Oc1ccc(OC(=O)c2ccccc2)c2c1C1c3ccccc3C2(Cc2ccccc2)c2ccccc21. The van der Waals surface area contributed by atoms with E-state index >= 15 is 0 Å². The molecule has 0 atom stereocenters. The highest BCUT2D eigenvalue weighted by atomic mass is 16.5. The fraction of sp³-hybridized carbons (Fsp3) is 0.179. The molecular weight excluding hydrogens is 532 g/mol. The lowest BCUT2D eigenvalue weighted by molar-refractivity contribution is -0.143. The van der Waals surface area contributed by atoms with Crippen LogP contribution in [0.3, 0.4) is 0 Å². The molecule has 4 heteroatoms. The lowest BCUT2D eigenvalue weighted by Crippen LogP contribution is -2.44. The van der Waals surface area contributed by atoms with Gasteiger partial charge in [0.15, 0.2) is 0 Å². The third-order valence-corrected chi connectivity index (χ3v) is 8.69. The van der Waals surface area contributed by atoms with Gasteiger partial charge in [-0.2, -0.15) is 0 Å². The van der Waals surface area contributed by atoms with Crippen LogP contribution in [0.25, 0.3) is 0 Å². The summed E-state index contributed by atoms with van der Waals surface area (Å²) in [6, 6.07) is 40.1. The Kier molecular flexibility index (Phi) is 6.32. The highest BCUT2D eigenvalue weighted by Crippen LogP contribution is 2.64. The molecule has 0 heterocycles. The first-order valence-corrected chi connectivity index (χ1v) is 14.7. The van der Waals surface area contributed by atoms with Gasteiger partial charge in [-0.3, -0.25) is 4.79 Å². The second-order valence-corrected chi connectivity index (χ2v) is 12.4. The standard InChI is InChI=1S/C39H32O4/c1-38(2,3)37(41)43-31-22-23-32(42-36(40)26-16-8-5-9-17-26)35-34(31)33-27-18-10-12-20-29(27)39(35,24-25-14-6-4-7-15-25)30-21-13-11-19-28(30)33/h4-23,33H,24H2,1-3H3. The number of rotatable bonds is 5. The maximum absolute atomic E-state index is 13.5. The van der Waals surface area contributed by atoms with Crippen molar-refractivity contribution >= 4 is 11.9 Å². The van der Waals surface area contributed by atoms with Gasteiger partial charge in [-0.05, 0) is 79.3 Å². The minimum Gasteiger partial charge on any atom is -0.426 e. The molecule has 0 amide bonds. The molecule has 5 aromatic carbocycles. The van der Waals surface area contributed by atoms with Crippen LogP contribution in [0.15, 0.2) is 121 Å². The summed E-state index contributed by atoms with van der Waals surface area (Å²) in [6.45, 7) is 5.56. The Morgan fingerprint density at radius 2 is 1.19 bits per heavy atom. The summed E-state index contributed by atoms with van der Waals surface area (Å²) in [5.74, 6) is 0.0346. The highest BCUT2D eigenvalue weighted by molar-refractivity contribution is 5.92. The summed E-state index contributed by atoms with van der Waals surface area (Å²) in [6.07, 6.45) is 0.633. The van der Waals surface area contributed by atoms with Gasteiger partial charge in [-0.25, -0.2) is 4.79 Å². The molecule has 0 spiro atoms. The van der Waals surface area contributed by atoms with Crippen molar-refractivity contribution in [2.24, 2.45) is 5.41 Å². The van der Waals surface area contributed by atoms with Crippen molar-refractivity contribution in [2.45, 2.75) is 38.5 Å². The molecule has 0 radical (unpaired) electrons. The van der Waals surface area contributed by atoms with Gasteiger partial charge in [0.2, 0.25) is 0 Å². The van der Waals surface area contributed by atoms with Crippen LogP contribution in [0, 0.1) is 5.41 Å². The quantitative estimate of drug-likeness (QED) is 0.159. The Hall–Kier alpha value is -4.96. The molecule has 5 aromatic rings. The van der Waals surface area contributed by atoms with Gasteiger partial charge in [0, 0.05) is 17.0 Å². The van der Waals surface area contributed by atoms with Gasteiger partial charge in [-0.15, -0.1) is 0 Å². The molecule has 0 N–H and O–H groups in total. The summed E-state index contributed by atoms with van der Waals surface area (Å²) in [4.78, 5) is 26.9. The minimum absolute atomic E-state index is 0.196. The van der Waals surface area contributed by atoms with Gasteiger partial charge in [0.25, 0.3) is 0 Å². The van der Waals surface area contributed by atoms with Crippen molar-refractivity contribution in [2.75, 3.05) is 0 Å². The molecule has 3 aliphatic carbocycles. The average Bonchev–Trinajstić information content (AvgIpc) is 3.02. The van der Waals surface area contributed by atoms with E-state index in [-0.39, 0.29) is 11.9 Å². The third-order valence-electron chi connectivity index (χ3n) is 8.69. The number of benzene rings is 5. The van der Waals surface area contributed by atoms with Gasteiger partial charge in [-0.1, -0.05) is 97.1 Å². The number of hydrogen-bond acceptors (Lipinski definition) is 4. The lowest BCUT2D eigenvalue weighted by atomic mass is 9.51. The monoisotopic (exact) mass is 564 g/mol. The molecule has 0 fully saturated rings. The van der Waals surface area contributed by atoms with E-state index in [0.29, 0.717) is 23.5 Å². The van der Waals surface area contributed by atoms with E-state index in [4.69, 9.17) is 9.47 Å². The van der Waals surface area contributed by atoms with Gasteiger partial charge >= 0.3 is 11.9 Å². The van der Waals surface area contributed by atoms with E-state index < -0.39 is 16.8 Å². The van der Waals surface area contributed by atoms with Crippen LogP contribution < -0.4 is 9.47 Å². The maximum Gasteiger partial charge on any atom is 0.343 e. The largest absolute Gasteiger partial charge is 0.426 e. The zero-order chi connectivity index (χ0) is 29.8. The van der Waals surface area contributed by atoms with E-state index in [9.17, 15) is 9.59 Å². The summed E-state index contributed by atoms with van der Waals surface area (Å²) in [5, 5.41) is 0. The first-order valence-electron chi connectivity index (χ1n) is 14.7. The molecule has 0 aromatic heterocycles. The van der Waals surface area contributed by atoms with Crippen LogP contribution in [0.1, 0.15) is 76.0 Å². The molecule has 2 bridgehead atoms. The minimum atomic E-state index is -0.699. The Balaban J connectivity index is 1.54. The molecular formula is C39H32O4. The van der Waals surface area contributed by atoms with Crippen molar-refractivity contribution in [1.82, 2.24) is 0 Å². The number of ether oxygens (including phenoxy) is 2. The fourth-order valence-corrected chi connectivity index (χ4v) is 6.82. The van der Waals surface area contributed by atoms with Crippen molar-refractivity contribution in [3.63, 3.8) is 0 Å². The maximum atomic E-state index is 13.5. The predicted octanol–water partition coefficient (Wildman–Crippen LogP) is 8.24. The number of hydrogen-bond donors (Lipinski definition) is 0. The van der Waals surface area contributed by atoms with E-state index in [1.54, 1.807) is 24.3 Å². The molecule has 3 aliphatic rings. The van der Waals surface area contributed by atoms with Crippen LogP contribution in [-0.2, 0) is 16.6 Å². The first kappa shape index (κ1) is 26.9. The lowest BCUT2D eigenvalue weighted by Gasteiger charge is -2.51. The smallest absolute Gasteiger partial charge is 0.343 e. The molecule has 212 valence electrons. The van der Waals surface area contributed by atoms with Gasteiger partial charge < -0.3 is 9.47 Å². The topological polar surface area (TPSA) is 52.6 Å². The summed E-state index contributed by atoms with van der Waals surface area (Å²) < 4.78 is 12.5. The zero-order valence-corrected chi connectivity index (χ0v) is 24.5. The summed E-state index contributed by atoms with van der Waals surface area (Å²) >= 11 is 0. The first-order chi connectivity index (χ1) is 20.8. The van der Waals surface area contributed by atoms with Gasteiger partial charge in [0.1, 0.15) is 11.5 Å². The van der Waals surface area contributed by atoms with Crippen LogP contribution in [0.5, 0.6) is 11.5 Å². The molecule has 0 saturated heterocycles. The fourth-order valence-electron chi connectivity index (χ4n) is 6.82. The number of carbonyl (C=O) groups is 2. The van der Waals surface area contributed by atoms with Crippen molar-refractivity contribution in [1.29, 1.82) is 0 Å². The van der Waals surface area contributed by atoms with Crippen molar-refractivity contribution in [3.05, 3.63) is 166 Å². The Morgan fingerprint density at radius 1 is 0.651 bits per heavy atom. The second kappa shape index (κ2) is 10.1. The van der Waals surface area contributed by atoms with E-state index in [0.717, 1.165) is 16.7 Å². The Labute approximate surface area is 251 Å². The van der Waals surface area contributed by atoms with E-state index in [1.807, 2.05) is 45.0 Å². The Bertz CT molecular complexity index is 1820. The normalized spacial score (nSPS) is 17.8. The molecule has 0 aliphatic heterocycles. The third kappa shape index (κ3) is 4.28. The van der Waals surface area contributed by atoms with E-state index in [1.165, 1.54) is 22.3 Å². The zero-order valence-electron chi connectivity index (χ0n) is 24.5. The van der Waals surface area contributed by atoms with Crippen LogP contribution in [0.4, 0.5) is 0 Å². The average molecular weight is 565 g/mol. The van der Waals surface area contributed by atoms with E-state index in [2.05, 4.69) is 72.8 Å². The van der Waals surface area contributed by atoms with Crippen molar-refractivity contribution < 1.29 is 19.1 Å². The summed E-state index contributed by atoms with van der Waals surface area (Å²) in [7, 11) is 0. The summed E-state index contributed by atoms with van der Waals surface area (Å²) in [5.41, 5.74) is 6.66. The number of esters is 2. The molecule has 0 saturated carbocycles. The molecule has 43 heavy (non-hydrogen) atoms. The van der Waals surface area contributed by atoms with Gasteiger partial charge in [0.05, 0.1) is 16.4 Å². The Morgan fingerprint density at radius 3 is 1.79 bits per heavy atom. The highest BCUT2D eigenvalue weighted by Gasteiger charge is 2.54. The molecule has 8 rings (SSSR count). The molecule has 0 unspecified atom stereocenters. The van der Waals surface area contributed by atoms with Crippen LogP contribution in [-0.4, -0.2) is 11.9 Å². The van der Waals surface area contributed by atoms with Crippen LogP contribution in [0.2, 0.25) is 0 Å². The van der Waals surface area contributed by atoms with Crippen molar-refractivity contribution in [3.8, 4) is 11.5 Å². The second-order valence-electron chi connectivity index (χ2n) is 12.4. The van der Waals surface area contributed by atoms with Crippen LogP contribution >= 0.6 is 0 Å². The number of carbonyl (C=O) groups excluding carboxylic acids is 2. The molecule has 4 nitrogen and oxygen atoms in total. The predicted molar refractivity (Wildman–Crippen MR) is 167 cm³/mol.